The lowest BCUT2D eigenvalue weighted by atomic mass is 10.2. The first-order valence-electron chi connectivity index (χ1n) is 6.01. The Labute approximate surface area is 111 Å². The van der Waals surface area contributed by atoms with Crippen molar-refractivity contribution in [2.24, 2.45) is 0 Å². The Hall–Kier alpha value is -0.950. The van der Waals surface area contributed by atoms with E-state index < -0.39 is 18.0 Å². The predicted molar refractivity (Wildman–Crippen MR) is 69.9 cm³/mol. The van der Waals surface area contributed by atoms with Crippen LogP contribution >= 0.6 is 11.8 Å². The summed E-state index contributed by atoms with van der Waals surface area (Å²) < 4.78 is 4.81. The van der Waals surface area contributed by atoms with Crippen LogP contribution in [0.25, 0.3) is 0 Å². The van der Waals surface area contributed by atoms with Crippen molar-refractivity contribution in [1.82, 2.24) is 10.6 Å². The van der Waals surface area contributed by atoms with Crippen molar-refractivity contribution in [3.63, 3.8) is 0 Å². The number of carboxylic acids is 1. The number of carbonyl (C=O) groups is 2. The minimum atomic E-state index is -1.04. The fraction of sp³-hybridized carbons (Fsp3) is 0.818. The Balaban J connectivity index is 2.24. The number of ether oxygens (including phenoxy) is 1. The van der Waals surface area contributed by atoms with E-state index in [0.717, 1.165) is 12.2 Å². The third kappa shape index (κ3) is 5.59. The van der Waals surface area contributed by atoms with E-state index >= 15 is 0 Å². The van der Waals surface area contributed by atoms with Crippen LogP contribution in [0.15, 0.2) is 0 Å². The van der Waals surface area contributed by atoms with Gasteiger partial charge < -0.3 is 20.5 Å². The third-order valence-electron chi connectivity index (χ3n) is 2.73. The molecule has 7 heteroatoms. The number of nitrogens with one attached hydrogen (secondary N) is 2. The van der Waals surface area contributed by atoms with Gasteiger partial charge in [0.05, 0.1) is 0 Å². The maximum Gasteiger partial charge on any atom is 0.326 e. The van der Waals surface area contributed by atoms with Crippen molar-refractivity contribution in [3.8, 4) is 0 Å². The molecule has 6 nitrogen and oxygen atoms in total. The lowest BCUT2D eigenvalue weighted by Crippen LogP contribution is -2.47. The van der Waals surface area contributed by atoms with E-state index in [4.69, 9.17) is 9.84 Å². The van der Waals surface area contributed by atoms with Crippen molar-refractivity contribution in [3.05, 3.63) is 0 Å². The van der Waals surface area contributed by atoms with Crippen molar-refractivity contribution >= 4 is 23.8 Å². The van der Waals surface area contributed by atoms with E-state index in [1.165, 1.54) is 13.5 Å². The second-order valence-corrected chi connectivity index (χ2v) is 5.57. The lowest BCUT2D eigenvalue weighted by Gasteiger charge is -2.16. The number of hydrogen-bond donors (Lipinski definition) is 3. The zero-order valence-electron chi connectivity index (χ0n) is 10.5. The molecule has 2 amide bonds. The van der Waals surface area contributed by atoms with Gasteiger partial charge in [0.1, 0.15) is 6.04 Å². The normalized spacial score (nSPS) is 20.4. The van der Waals surface area contributed by atoms with Crippen LogP contribution in [0, 0.1) is 0 Å². The Kier molecular flexibility index (Phi) is 6.89. The molecule has 2 atom stereocenters. The molecule has 0 radical (unpaired) electrons. The van der Waals surface area contributed by atoms with E-state index in [-0.39, 0.29) is 6.42 Å². The monoisotopic (exact) mass is 276 g/mol. The maximum atomic E-state index is 11.5. The van der Waals surface area contributed by atoms with Crippen LogP contribution in [0.2, 0.25) is 0 Å². The van der Waals surface area contributed by atoms with Crippen LogP contribution in [-0.2, 0) is 9.53 Å². The quantitative estimate of drug-likeness (QED) is 0.636. The molecule has 0 bridgehead atoms. The number of methoxy groups -OCH3 is 1. The van der Waals surface area contributed by atoms with E-state index in [0.29, 0.717) is 18.4 Å². The molecule has 0 spiro atoms. The fourth-order valence-electron chi connectivity index (χ4n) is 1.71. The van der Waals surface area contributed by atoms with Crippen LogP contribution < -0.4 is 10.6 Å². The second kappa shape index (κ2) is 8.20. The molecule has 1 aliphatic heterocycles. The zero-order chi connectivity index (χ0) is 13.4. The van der Waals surface area contributed by atoms with Gasteiger partial charge in [-0.3, -0.25) is 0 Å². The summed E-state index contributed by atoms with van der Waals surface area (Å²) in [6.07, 6.45) is 2.55. The van der Waals surface area contributed by atoms with Crippen LogP contribution in [0.1, 0.15) is 19.3 Å². The molecule has 104 valence electrons. The van der Waals surface area contributed by atoms with Crippen LogP contribution in [0.5, 0.6) is 0 Å². The molecular weight excluding hydrogens is 256 g/mol. The number of amides is 2. The Bertz CT molecular complexity index is 282. The fourth-order valence-corrected chi connectivity index (χ4v) is 2.92. The standard InChI is InChI=1S/C11H20N2O4S/c1-17-5-4-9(10(14)15)13-11(16)12-7-8-3-2-6-18-8/h8-9H,2-7H2,1H3,(H,14,15)(H2,12,13,16). The molecule has 1 heterocycles. The summed E-state index contributed by atoms with van der Waals surface area (Å²) in [4.78, 5) is 22.4. The smallest absolute Gasteiger partial charge is 0.326 e. The molecule has 0 aliphatic carbocycles. The minimum Gasteiger partial charge on any atom is -0.480 e. The number of hydrogen-bond acceptors (Lipinski definition) is 4. The van der Waals surface area contributed by atoms with Gasteiger partial charge in [0.15, 0.2) is 0 Å². The van der Waals surface area contributed by atoms with Crippen molar-refractivity contribution in [1.29, 1.82) is 0 Å². The number of carbonyl (C=O) groups excluding carboxylic acids is 1. The first kappa shape index (κ1) is 15.1. The van der Waals surface area contributed by atoms with E-state index in [9.17, 15) is 9.59 Å². The SMILES string of the molecule is COCCC(NC(=O)NCC1CCCS1)C(=O)O. The van der Waals surface area contributed by atoms with Gasteiger partial charge in [0.2, 0.25) is 0 Å². The minimum absolute atomic E-state index is 0.261. The third-order valence-corrected chi connectivity index (χ3v) is 4.13. The molecule has 2 unspecified atom stereocenters. The van der Waals surface area contributed by atoms with E-state index in [1.54, 1.807) is 0 Å². The van der Waals surface area contributed by atoms with Gasteiger partial charge in [-0.2, -0.15) is 11.8 Å². The van der Waals surface area contributed by atoms with Gasteiger partial charge in [0.25, 0.3) is 0 Å². The number of rotatable bonds is 7. The molecule has 18 heavy (non-hydrogen) atoms. The molecule has 3 N–H and O–H groups in total. The van der Waals surface area contributed by atoms with Gasteiger partial charge in [-0.15, -0.1) is 0 Å². The maximum absolute atomic E-state index is 11.5. The molecule has 0 aromatic carbocycles. The van der Waals surface area contributed by atoms with Gasteiger partial charge in [-0.1, -0.05) is 0 Å². The summed E-state index contributed by atoms with van der Waals surface area (Å²) in [5, 5.41) is 14.5. The molecule has 1 aliphatic rings. The van der Waals surface area contributed by atoms with Crippen molar-refractivity contribution in [2.45, 2.75) is 30.6 Å². The number of carboxylic acid groups (broad SMARTS) is 1. The Morgan fingerprint density at radius 3 is 2.89 bits per heavy atom. The highest BCUT2D eigenvalue weighted by Gasteiger charge is 2.21. The Morgan fingerprint density at radius 1 is 1.56 bits per heavy atom. The van der Waals surface area contributed by atoms with Crippen LogP contribution in [0.3, 0.4) is 0 Å². The largest absolute Gasteiger partial charge is 0.480 e. The van der Waals surface area contributed by atoms with Gasteiger partial charge in [-0.25, -0.2) is 9.59 Å². The summed E-state index contributed by atoms with van der Waals surface area (Å²) >= 11 is 1.84. The topological polar surface area (TPSA) is 87.7 Å². The number of thioether (sulfide) groups is 1. The average Bonchev–Trinajstić information content (AvgIpc) is 2.84. The zero-order valence-corrected chi connectivity index (χ0v) is 11.3. The van der Waals surface area contributed by atoms with E-state index in [2.05, 4.69) is 10.6 Å². The highest BCUT2D eigenvalue weighted by Crippen LogP contribution is 2.25. The number of aliphatic carboxylic acids is 1. The van der Waals surface area contributed by atoms with Crippen LogP contribution in [0.4, 0.5) is 4.79 Å². The van der Waals surface area contributed by atoms with Crippen LogP contribution in [-0.4, -0.2) is 54.4 Å². The first-order chi connectivity index (χ1) is 8.63. The van der Waals surface area contributed by atoms with Gasteiger partial charge in [-0.05, 0) is 18.6 Å². The van der Waals surface area contributed by atoms with Crippen molar-refractivity contribution < 1.29 is 19.4 Å². The second-order valence-electron chi connectivity index (χ2n) is 4.16. The molecule has 0 aromatic heterocycles. The first-order valence-corrected chi connectivity index (χ1v) is 7.06. The molecule has 1 saturated heterocycles. The molecule has 0 saturated carbocycles. The summed E-state index contributed by atoms with van der Waals surface area (Å²) in [5.41, 5.74) is 0. The Morgan fingerprint density at radius 2 is 2.33 bits per heavy atom. The molecule has 1 fully saturated rings. The predicted octanol–water partition coefficient (Wildman–Crippen LogP) is 0.671. The average molecular weight is 276 g/mol. The lowest BCUT2D eigenvalue weighted by molar-refractivity contribution is -0.139. The summed E-state index contributed by atoms with van der Waals surface area (Å²) in [6.45, 7) is 0.892. The summed E-state index contributed by atoms with van der Waals surface area (Å²) in [5.74, 6) is 0.0944. The summed E-state index contributed by atoms with van der Waals surface area (Å²) in [7, 11) is 1.50. The summed E-state index contributed by atoms with van der Waals surface area (Å²) in [6, 6.07) is -1.33. The molecular formula is C11H20N2O4S. The number of urea groups is 1. The highest BCUT2D eigenvalue weighted by atomic mass is 32.2. The van der Waals surface area contributed by atoms with Crippen molar-refractivity contribution in [2.75, 3.05) is 26.0 Å². The highest BCUT2D eigenvalue weighted by molar-refractivity contribution is 8.00. The molecule has 0 aromatic rings. The molecule has 1 rings (SSSR count). The van der Waals surface area contributed by atoms with Gasteiger partial charge >= 0.3 is 12.0 Å². The van der Waals surface area contributed by atoms with Gasteiger partial charge in [0, 0.05) is 31.9 Å². The van der Waals surface area contributed by atoms with E-state index in [1.807, 2.05) is 11.8 Å².